The lowest BCUT2D eigenvalue weighted by Gasteiger charge is -2.31. The number of benzene rings is 1. The molecule has 1 saturated heterocycles. The van der Waals surface area contributed by atoms with E-state index in [9.17, 15) is 14.7 Å². The molecule has 1 aromatic rings. The number of piperidine rings is 1. The van der Waals surface area contributed by atoms with Gasteiger partial charge in [0.15, 0.2) is 0 Å². The van der Waals surface area contributed by atoms with Gasteiger partial charge in [-0.2, -0.15) is 0 Å². The van der Waals surface area contributed by atoms with Gasteiger partial charge in [0.05, 0.1) is 17.4 Å². The van der Waals surface area contributed by atoms with Crippen molar-refractivity contribution in [1.82, 2.24) is 15.1 Å². The van der Waals surface area contributed by atoms with Gasteiger partial charge in [0.25, 0.3) is 5.91 Å². The first-order chi connectivity index (χ1) is 16.4. The number of amides is 2. The number of rotatable bonds is 9. The molecule has 1 fully saturated rings. The number of carbonyl (C=O) groups is 2. The Kier molecular flexibility index (Phi) is 9.42. The number of nitrogens with one attached hydrogen (secondary N) is 1. The molecular weight excluding hydrogens is 432 g/mol. The van der Waals surface area contributed by atoms with Gasteiger partial charge in [0.2, 0.25) is 5.91 Å². The lowest BCUT2D eigenvalue weighted by Crippen LogP contribution is -2.42. The average Bonchev–Trinajstić information content (AvgIpc) is 2.82. The van der Waals surface area contributed by atoms with E-state index in [-0.39, 0.29) is 24.5 Å². The number of β-amino-alcohol motifs (C(OH)–C–C–N with tert-alkyl or cyclic N) is 1. The molecule has 0 bridgehead atoms. The van der Waals surface area contributed by atoms with Gasteiger partial charge in [-0.1, -0.05) is 24.3 Å². The monoisotopic (exact) mass is 468 g/mol. The fourth-order valence-electron chi connectivity index (χ4n) is 4.45. The third-order valence-corrected chi connectivity index (χ3v) is 6.27. The summed E-state index contributed by atoms with van der Waals surface area (Å²) in [6, 6.07) is 8.37. The van der Waals surface area contributed by atoms with E-state index in [4.69, 9.17) is 4.74 Å². The van der Waals surface area contributed by atoms with Crippen molar-refractivity contribution in [1.29, 1.82) is 0 Å². The minimum Gasteiger partial charge on any atom is -0.495 e. The van der Waals surface area contributed by atoms with Gasteiger partial charge in [-0.05, 0) is 37.3 Å². The van der Waals surface area contributed by atoms with Crippen molar-refractivity contribution in [2.24, 2.45) is 4.99 Å². The maximum atomic E-state index is 12.7. The van der Waals surface area contributed by atoms with E-state index in [1.807, 2.05) is 11.0 Å². The minimum absolute atomic E-state index is 0.00403. The zero-order chi connectivity index (χ0) is 24.5. The molecule has 3 rings (SSSR count). The number of hydrogen-bond donors (Lipinski definition) is 2. The van der Waals surface area contributed by atoms with Crippen molar-refractivity contribution in [2.75, 3.05) is 32.7 Å². The second kappa shape index (κ2) is 12.5. The molecule has 2 aliphatic rings. The molecule has 0 aromatic heterocycles. The summed E-state index contributed by atoms with van der Waals surface area (Å²) in [6.07, 6.45) is 4.81. The van der Waals surface area contributed by atoms with E-state index < -0.39 is 6.10 Å². The summed E-state index contributed by atoms with van der Waals surface area (Å²) >= 11 is 0. The molecule has 34 heavy (non-hydrogen) atoms. The van der Waals surface area contributed by atoms with E-state index in [1.165, 1.54) is 17.3 Å². The Morgan fingerprint density at radius 3 is 2.62 bits per heavy atom. The van der Waals surface area contributed by atoms with Crippen molar-refractivity contribution < 1.29 is 19.4 Å². The molecule has 1 aromatic carbocycles. The van der Waals surface area contributed by atoms with Crippen LogP contribution >= 0.6 is 0 Å². The number of ether oxygens (including phenoxy) is 1. The summed E-state index contributed by atoms with van der Waals surface area (Å²) in [7, 11) is 0. The number of aliphatic hydroxyl groups excluding tert-OH is 1. The molecule has 1 atom stereocenters. The highest BCUT2D eigenvalue weighted by Crippen LogP contribution is 2.19. The van der Waals surface area contributed by atoms with Gasteiger partial charge in [-0.15, -0.1) is 0 Å². The molecule has 184 valence electrons. The highest BCUT2D eigenvalue weighted by molar-refractivity contribution is 5.96. The summed E-state index contributed by atoms with van der Waals surface area (Å²) in [4.78, 5) is 31.9. The molecule has 8 nitrogen and oxygen atoms in total. The second-order valence-corrected chi connectivity index (χ2v) is 8.96. The Hall–Kier alpha value is -2.97. The fraction of sp³-hybridized carbons (Fsp3) is 0.500. The highest BCUT2D eigenvalue weighted by atomic mass is 16.5. The van der Waals surface area contributed by atoms with Crippen LogP contribution in [-0.2, 0) is 27.3 Å². The van der Waals surface area contributed by atoms with Crippen molar-refractivity contribution in [3.05, 3.63) is 59.0 Å². The van der Waals surface area contributed by atoms with Crippen molar-refractivity contribution in [3.63, 3.8) is 0 Å². The molecule has 2 N–H and O–H groups in total. The highest BCUT2D eigenvalue weighted by Gasteiger charge is 2.22. The molecule has 0 unspecified atom stereocenters. The molecule has 0 saturated carbocycles. The predicted molar refractivity (Wildman–Crippen MR) is 132 cm³/mol. The molecule has 2 amide bonds. The summed E-state index contributed by atoms with van der Waals surface area (Å²) in [5.41, 5.74) is 2.97. The summed E-state index contributed by atoms with van der Waals surface area (Å²) in [6.45, 7) is 10.5. The molecule has 0 aliphatic carbocycles. The molecule has 0 radical (unpaired) electrons. The van der Waals surface area contributed by atoms with Crippen LogP contribution in [0.4, 0.5) is 0 Å². The largest absolute Gasteiger partial charge is 0.495 e. The summed E-state index contributed by atoms with van der Waals surface area (Å²) in [5.74, 6) is 0.334. The molecule has 2 heterocycles. The Balaban J connectivity index is 1.46. The van der Waals surface area contributed by atoms with Gasteiger partial charge in [-0.25, -0.2) is 0 Å². The molecule has 2 aliphatic heterocycles. The fourth-order valence-corrected chi connectivity index (χ4v) is 4.45. The number of likely N-dealkylation sites (tertiary alicyclic amines) is 1. The molecule has 8 heteroatoms. The number of aliphatic hydroxyl groups is 1. The molecular formula is C26H36N4O4. The SMILES string of the molecule is C=N/C=C(\C=C(/C)OC1CCN(C(C)=O)CC1)C(=O)NC[C@H](O)CN1CCc2ccccc2C1. The first kappa shape index (κ1) is 25.6. The zero-order valence-electron chi connectivity index (χ0n) is 20.2. The Labute approximate surface area is 202 Å². The topological polar surface area (TPSA) is 94.5 Å². The smallest absolute Gasteiger partial charge is 0.253 e. The lowest BCUT2D eigenvalue weighted by atomic mass is 10.00. The van der Waals surface area contributed by atoms with Crippen molar-refractivity contribution >= 4 is 18.5 Å². The van der Waals surface area contributed by atoms with Crippen LogP contribution in [0.1, 0.15) is 37.8 Å². The van der Waals surface area contributed by atoms with E-state index in [0.29, 0.717) is 31.0 Å². The van der Waals surface area contributed by atoms with E-state index in [1.54, 1.807) is 19.9 Å². The van der Waals surface area contributed by atoms with Crippen LogP contribution in [-0.4, -0.2) is 78.4 Å². The van der Waals surface area contributed by atoms with Crippen LogP contribution in [0.2, 0.25) is 0 Å². The third-order valence-electron chi connectivity index (χ3n) is 6.27. The van der Waals surface area contributed by atoms with Crippen LogP contribution in [0, 0.1) is 0 Å². The van der Waals surface area contributed by atoms with Gasteiger partial charge >= 0.3 is 0 Å². The number of fused-ring (bicyclic) bond motifs is 1. The normalized spacial score (nSPS) is 18.7. The van der Waals surface area contributed by atoms with Crippen LogP contribution in [0.3, 0.4) is 0 Å². The zero-order valence-corrected chi connectivity index (χ0v) is 20.2. The Morgan fingerprint density at radius 2 is 1.94 bits per heavy atom. The Bertz CT molecular complexity index is 934. The minimum atomic E-state index is -0.681. The van der Waals surface area contributed by atoms with E-state index >= 15 is 0 Å². The van der Waals surface area contributed by atoms with Gasteiger partial charge in [0, 0.05) is 65.2 Å². The average molecular weight is 469 g/mol. The standard InChI is InChI=1S/C26H36N4O4/c1-19(34-25-9-12-30(13-10-25)20(2)31)14-23(15-27-3)26(33)28-16-24(32)18-29-11-8-21-6-4-5-7-22(21)17-29/h4-7,14-15,24-25,32H,3,8-13,16-18H2,1-2H3,(H,28,33)/b19-14+,23-15+/t24-/m0/s1. The van der Waals surface area contributed by atoms with Crippen LogP contribution < -0.4 is 5.32 Å². The Morgan fingerprint density at radius 1 is 1.24 bits per heavy atom. The van der Waals surface area contributed by atoms with Crippen LogP contribution in [0.15, 0.2) is 52.9 Å². The van der Waals surface area contributed by atoms with Gasteiger partial charge < -0.3 is 20.1 Å². The number of aliphatic imine (C=N–C) groups is 1. The van der Waals surface area contributed by atoms with Gasteiger partial charge in [0.1, 0.15) is 6.10 Å². The number of allylic oxidation sites excluding steroid dienone is 1. The second-order valence-electron chi connectivity index (χ2n) is 8.96. The maximum absolute atomic E-state index is 12.7. The van der Waals surface area contributed by atoms with Crippen molar-refractivity contribution in [3.8, 4) is 0 Å². The predicted octanol–water partition coefficient (Wildman–Crippen LogP) is 2.04. The summed E-state index contributed by atoms with van der Waals surface area (Å²) < 4.78 is 5.99. The van der Waals surface area contributed by atoms with E-state index in [0.717, 1.165) is 32.4 Å². The number of carbonyl (C=O) groups excluding carboxylic acids is 2. The third kappa shape index (κ3) is 7.53. The number of nitrogens with zero attached hydrogens (tertiary/aromatic N) is 3. The first-order valence-corrected chi connectivity index (χ1v) is 11.9. The summed E-state index contributed by atoms with van der Waals surface area (Å²) in [5, 5.41) is 13.3. The van der Waals surface area contributed by atoms with Crippen LogP contribution in [0.25, 0.3) is 0 Å². The quantitative estimate of drug-likeness (QED) is 0.250. The maximum Gasteiger partial charge on any atom is 0.253 e. The van der Waals surface area contributed by atoms with E-state index in [2.05, 4.69) is 40.1 Å². The van der Waals surface area contributed by atoms with Gasteiger partial charge in [-0.3, -0.25) is 19.5 Å². The first-order valence-electron chi connectivity index (χ1n) is 11.9. The van der Waals surface area contributed by atoms with Crippen molar-refractivity contribution in [2.45, 2.75) is 51.9 Å². The number of hydrogen-bond acceptors (Lipinski definition) is 6. The van der Waals surface area contributed by atoms with Crippen LogP contribution in [0.5, 0.6) is 0 Å². The lowest BCUT2D eigenvalue weighted by molar-refractivity contribution is -0.131. The molecule has 0 spiro atoms.